The van der Waals surface area contributed by atoms with Crippen molar-refractivity contribution in [2.24, 2.45) is 0 Å². The molecule has 0 heterocycles. The van der Waals surface area contributed by atoms with Crippen molar-refractivity contribution in [2.45, 2.75) is 27.2 Å². The van der Waals surface area contributed by atoms with E-state index in [1.165, 1.54) is 5.56 Å². The van der Waals surface area contributed by atoms with Gasteiger partial charge in [0.05, 0.1) is 0 Å². The largest absolute Gasteiger partial charge is 0.314 e. The molecule has 2 nitrogen and oxygen atoms in total. The Morgan fingerprint density at radius 1 is 0.794 bits per heavy atom. The fourth-order valence-corrected chi connectivity index (χ4v) is 4.19. The maximum Gasteiger partial charge on any atom is 0.0485 e. The van der Waals surface area contributed by atoms with Crippen LogP contribution in [0.15, 0.2) is 139 Å². The minimum atomic E-state index is 0.945. The van der Waals surface area contributed by atoms with Crippen molar-refractivity contribution in [2.75, 3.05) is 9.80 Å². The third-order valence-electron chi connectivity index (χ3n) is 5.70. The lowest BCUT2D eigenvalue weighted by atomic mass is 10.1. The van der Waals surface area contributed by atoms with E-state index >= 15 is 0 Å². The summed E-state index contributed by atoms with van der Waals surface area (Å²) in [6.45, 7) is 6.38. The third kappa shape index (κ3) is 5.47. The molecule has 3 aromatic carbocycles. The Morgan fingerprint density at radius 2 is 1.44 bits per heavy atom. The van der Waals surface area contributed by atoms with Crippen LogP contribution in [0.1, 0.15) is 25.8 Å². The number of hydrogen-bond donors (Lipinski definition) is 0. The molecule has 0 N–H and O–H groups in total. The van der Waals surface area contributed by atoms with Gasteiger partial charge in [0.25, 0.3) is 0 Å². The van der Waals surface area contributed by atoms with E-state index in [4.69, 9.17) is 0 Å². The number of hydrogen-bond acceptors (Lipinski definition) is 2. The number of rotatable bonds is 7. The molecular formula is C32H32N2. The average Bonchev–Trinajstić information content (AvgIpc) is 3.13. The first-order chi connectivity index (χ1) is 16.7. The Balaban J connectivity index is 1.89. The Bertz CT molecular complexity index is 1210. The topological polar surface area (TPSA) is 6.48 Å². The molecule has 0 atom stereocenters. The van der Waals surface area contributed by atoms with E-state index in [0.29, 0.717) is 0 Å². The zero-order valence-corrected chi connectivity index (χ0v) is 20.2. The molecule has 0 aliphatic heterocycles. The maximum absolute atomic E-state index is 2.33. The lowest BCUT2D eigenvalue weighted by Crippen LogP contribution is -2.20. The van der Waals surface area contributed by atoms with Crippen LogP contribution in [0.2, 0.25) is 0 Å². The van der Waals surface area contributed by atoms with Crippen molar-refractivity contribution in [1.29, 1.82) is 0 Å². The lowest BCUT2D eigenvalue weighted by molar-refractivity contribution is 1.09. The van der Waals surface area contributed by atoms with E-state index in [2.05, 4.69) is 151 Å². The maximum atomic E-state index is 2.33. The van der Waals surface area contributed by atoms with Gasteiger partial charge in [0.1, 0.15) is 0 Å². The minimum absolute atomic E-state index is 0.945. The van der Waals surface area contributed by atoms with Crippen LogP contribution in [0.25, 0.3) is 0 Å². The van der Waals surface area contributed by atoms with Crippen LogP contribution in [0.5, 0.6) is 0 Å². The average molecular weight is 445 g/mol. The third-order valence-corrected chi connectivity index (χ3v) is 5.70. The van der Waals surface area contributed by atoms with Gasteiger partial charge in [0.2, 0.25) is 0 Å². The Labute approximate surface area is 204 Å². The summed E-state index contributed by atoms with van der Waals surface area (Å²) in [5.74, 6) is 0. The van der Waals surface area contributed by atoms with Gasteiger partial charge in [-0.15, -0.1) is 0 Å². The molecule has 1 aliphatic carbocycles. The van der Waals surface area contributed by atoms with Gasteiger partial charge in [0.15, 0.2) is 0 Å². The monoisotopic (exact) mass is 444 g/mol. The molecule has 0 amide bonds. The summed E-state index contributed by atoms with van der Waals surface area (Å²) in [6, 6.07) is 27.9. The standard InChI is InChI=1S/C32H32N2/c1-4-5-16-27(3)33(28-17-10-6-7-11-18-28)31-23-26(2)24-32(25-31)34(29-19-12-8-13-20-29)30-21-14-9-15-22-30/h4-6,8-25H,7H2,1-3H3. The number of para-hydroxylation sites is 2. The summed E-state index contributed by atoms with van der Waals surface area (Å²) in [7, 11) is 0. The Kier molecular flexibility index (Phi) is 7.62. The van der Waals surface area contributed by atoms with Crippen molar-refractivity contribution >= 4 is 22.7 Å². The molecule has 4 rings (SSSR count). The first-order valence-corrected chi connectivity index (χ1v) is 11.8. The molecule has 0 bridgehead atoms. The van der Waals surface area contributed by atoms with Crippen LogP contribution in [0, 0.1) is 6.92 Å². The fourth-order valence-electron chi connectivity index (χ4n) is 4.19. The van der Waals surface area contributed by atoms with E-state index in [1.807, 2.05) is 6.92 Å². The first kappa shape index (κ1) is 23.1. The second kappa shape index (κ2) is 11.2. The molecule has 0 unspecified atom stereocenters. The Hall–Kier alpha value is -4.04. The summed E-state index contributed by atoms with van der Waals surface area (Å²) < 4.78 is 0. The molecule has 170 valence electrons. The molecule has 0 aromatic heterocycles. The van der Waals surface area contributed by atoms with Crippen molar-refractivity contribution in [3.8, 4) is 0 Å². The number of aryl methyl sites for hydroxylation is 1. The number of allylic oxidation sites excluding steroid dienone is 9. The summed E-state index contributed by atoms with van der Waals surface area (Å²) >= 11 is 0. The van der Waals surface area contributed by atoms with Crippen molar-refractivity contribution in [3.05, 3.63) is 144 Å². The van der Waals surface area contributed by atoms with E-state index < -0.39 is 0 Å². The number of nitrogens with zero attached hydrogens (tertiary/aromatic N) is 2. The molecule has 34 heavy (non-hydrogen) atoms. The highest BCUT2D eigenvalue weighted by Gasteiger charge is 2.18. The smallest absolute Gasteiger partial charge is 0.0485 e. The summed E-state index contributed by atoms with van der Waals surface area (Å²) in [6.07, 6.45) is 18.2. The fraction of sp³-hybridized carbons (Fsp3) is 0.125. The number of benzene rings is 3. The second-order valence-corrected chi connectivity index (χ2v) is 8.36. The van der Waals surface area contributed by atoms with E-state index in [-0.39, 0.29) is 0 Å². The molecule has 0 spiro atoms. The molecule has 0 radical (unpaired) electrons. The quantitative estimate of drug-likeness (QED) is 0.335. The van der Waals surface area contributed by atoms with E-state index in [1.54, 1.807) is 0 Å². The van der Waals surface area contributed by atoms with Gasteiger partial charge < -0.3 is 9.80 Å². The highest BCUT2D eigenvalue weighted by molar-refractivity contribution is 5.80. The molecule has 1 aliphatic rings. The molecule has 2 heteroatoms. The lowest BCUT2D eigenvalue weighted by Gasteiger charge is -2.30. The van der Waals surface area contributed by atoms with Crippen LogP contribution in [-0.4, -0.2) is 0 Å². The SMILES string of the molecule is CC=CC=C(C)N(C1=CC=CCC=C1)c1cc(C)cc(N(c2ccccc2)c2ccccc2)c1. The highest BCUT2D eigenvalue weighted by Crippen LogP contribution is 2.38. The number of anilines is 4. The first-order valence-electron chi connectivity index (χ1n) is 11.8. The van der Waals surface area contributed by atoms with E-state index in [0.717, 1.165) is 40.6 Å². The van der Waals surface area contributed by atoms with Gasteiger partial charge in [-0.2, -0.15) is 0 Å². The van der Waals surface area contributed by atoms with Crippen LogP contribution >= 0.6 is 0 Å². The van der Waals surface area contributed by atoms with Gasteiger partial charge >= 0.3 is 0 Å². The van der Waals surface area contributed by atoms with Crippen molar-refractivity contribution in [3.63, 3.8) is 0 Å². The molecular weight excluding hydrogens is 412 g/mol. The molecule has 0 fully saturated rings. The normalized spacial score (nSPS) is 13.6. The Morgan fingerprint density at radius 3 is 2.09 bits per heavy atom. The minimum Gasteiger partial charge on any atom is -0.314 e. The summed E-state index contributed by atoms with van der Waals surface area (Å²) in [5, 5.41) is 0. The predicted molar refractivity (Wildman–Crippen MR) is 148 cm³/mol. The van der Waals surface area contributed by atoms with Crippen LogP contribution in [0.3, 0.4) is 0 Å². The van der Waals surface area contributed by atoms with E-state index in [9.17, 15) is 0 Å². The van der Waals surface area contributed by atoms with Gasteiger partial charge in [-0.05, 0) is 93.4 Å². The van der Waals surface area contributed by atoms with Crippen LogP contribution < -0.4 is 9.80 Å². The van der Waals surface area contributed by atoms with Crippen molar-refractivity contribution in [1.82, 2.24) is 0 Å². The highest BCUT2D eigenvalue weighted by atomic mass is 15.2. The van der Waals surface area contributed by atoms with Crippen LogP contribution in [0.4, 0.5) is 22.7 Å². The molecule has 0 saturated heterocycles. The predicted octanol–water partition coefficient (Wildman–Crippen LogP) is 9.15. The van der Waals surface area contributed by atoms with Crippen molar-refractivity contribution < 1.29 is 0 Å². The summed E-state index contributed by atoms with van der Waals surface area (Å²) in [4.78, 5) is 4.65. The molecule has 0 saturated carbocycles. The zero-order valence-electron chi connectivity index (χ0n) is 20.2. The van der Waals surface area contributed by atoms with Gasteiger partial charge in [-0.1, -0.05) is 66.8 Å². The van der Waals surface area contributed by atoms with Crippen LogP contribution in [-0.2, 0) is 0 Å². The zero-order chi connectivity index (χ0) is 23.8. The second-order valence-electron chi connectivity index (χ2n) is 8.36. The van der Waals surface area contributed by atoms with Gasteiger partial charge in [-0.25, -0.2) is 0 Å². The molecule has 3 aromatic rings. The summed E-state index contributed by atoms with van der Waals surface area (Å²) in [5.41, 5.74) is 8.05. The van der Waals surface area contributed by atoms with Gasteiger partial charge in [-0.3, -0.25) is 0 Å². The van der Waals surface area contributed by atoms with Gasteiger partial charge in [0, 0.05) is 34.1 Å².